The van der Waals surface area contributed by atoms with E-state index < -0.39 is 10.9 Å². The number of phenols is 1. The van der Waals surface area contributed by atoms with Crippen LogP contribution in [-0.4, -0.2) is 33.1 Å². The number of carbonyl (C=O) groups is 1. The number of anilines is 2. The molecule has 1 aromatic heterocycles. The Balaban J connectivity index is 1.89. The summed E-state index contributed by atoms with van der Waals surface area (Å²) in [7, 11) is 1.76. The maximum atomic E-state index is 11.4. The van der Waals surface area contributed by atoms with Gasteiger partial charge in [-0.15, -0.1) is 0 Å². The van der Waals surface area contributed by atoms with Crippen LogP contribution in [0.5, 0.6) is 5.75 Å². The van der Waals surface area contributed by atoms with Crippen molar-refractivity contribution in [3.8, 4) is 16.9 Å². The highest BCUT2D eigenvalue weighted by Gasteiger charge is 2.20. The van der Waals surface area contributed by atoms with Crippen molar-refractivity contribution in [2.75, 3.05) is 11.9 Å². The number of pyridine rings is 1. The molecule has 0 saturated heterocycles. The number of hydrogen-bond acceptors (Lipinski definition) is 6. The van der Waals surface area contributed by atoms with Crippen LogP contribution < -0.4 is 4.90 Å². The molecular weight excluding hydrogens is 398 g/mol. The number of nitro groups is 1. The number of aromatic nitrogens is 1. The first kappa shape index (κ1) is 19.8. The number of benzene rings is 3. The van der Waals surface area contributed by atoms with Gasteiger partial charge in [0.25, 0.3) is 5.69 Å². The maximum absolute atomic E-state index is 11.4. The van der Waals surface area contributed by atoms with E-state index >= 15 is 0 Å². The minimum Gasteiger partial charge on any atom is -0.505 e. The molecule has 0 unspecified atom stereocenters. The van der Waals surface area contributed by atoms with Gasteiger partial charge in [0.2, 0.25) is 0 Å². The summed E-state index contributed by atoms with van der Waals surface area (Å²) in [6, 6.07) is 17.7. The first-order chi connectivity index (χ1) is 14.9. The highest BCUT2D eigenvalue weighted by Crippen LogP contribution is 2.42. The average molecular weight is 415 g/mol. The predicted octanol–water partition coefficient (Wildman–Crippen LogP) is 4.98. The summed E-state index contributed by atoms with van der Waals surface area (Å²) in [5.41, 5.74) is 2.56. The first-order valence-corrected chi connectivity index (χ1v) is 9.29. The molecule has 4 aromatic rings. The van der Waals surface area contributed by atoms with Crippen LogP contribution in [0.15, 0.2) is 72.9 Å². The second kappa shape index (κ2) is 7.75. The van der Waals surface area contributed by atoms with Gasteiger partial charge in [0.05, 0.1) is 10.5 Å². The van der Waals surface area contributed by atoms with Gasteiger partial charge in [-0.3, -0.25) is 15.1 Å². The van der Waals surface area contributed by atoms with E-state index in [0.29, 0.717) is 28.0 Å². The Labute approximate surface area is 176 Å². The van der Waals surface area contributed by atoms with Gasteiger partial charge in [0, 0.05) is 53.3 Å². The number of carboxylic acid groups (broad SMARTS) is 1. The zero-order valence-corrected chi connectivity index (χ0v) is 16.4. The number of nitrogens with zero attached hydrogens (tertiary/aromatic N) is 3. The molecule has 0 aliphatic heterocycles. The number of fused-ring (bicyclic) bond motifs is 1. The Morgan fingerprint density at radius 2 is 1.77 bits per heavy atom. The molecule has 0 radical (unpaired) electrons. The van der Waals surface area contributed by atoms with Crippen molar-refractivity contribution < 1.29 is 19.9 Å². The lowest BCUT2D eigenvalue weighted by Gasteiger charge is -2.23. The zero-order valence-electron chi connectivity index (χ0n) is 16.4. The number of nitro benzene ring substituents is 1. The molecule has 0 spiro atoms. The van der Waals surface area contributed by atoms with E-state index in [1.54, 1.807) is 54.5 Å². The Morgan fingerprint density at radius 1 is 1.03 bits per heavy atom. The van der Waals surface area contributed by atoms with Gasteiger partial charge in [-0.25, -0.2) is 4.79 Å². The average Bonchev–Trinajstić information content (AvgIpc) is 2.78. The smallest absolute Gasteiger partial charge is 0.335 e. The highest BCUT2D eigenvalue weighted by atomic mass is 16.6. The summed E-state index contributed by atoms with van der Waals surface area (Å²) >= 11 is 0. The van der Waals surface area contributed by atoms with Crippen molar-refractivity contribution in [1.29, 1.82) is 0 Å². The fourth-order valence-electron chi connectivity index (χ4n) is 3.46. The van der Waals surface area contributed by atoms with Crippen molar-refractivity contribution >= 4 is 33.9 Å². The van der Waals surface area contributed by atoms with E-state index in [4.69, 9.17) is 5.11 Å². The standard InChI is InChI=1S/C23H17N3O5/c1-25(16-7-4-15(5-8-16)23(28)29)20-11-9-17(26(30)31)13-19(20)18-10-6-14-3-2-12-24-21(14)22(18)27/h2-13,27H,1H3,(H,28,29). The maximum Gasteiger partial charge on any atom is 0.335 e. The van der Waals surface area contributed by atoms with Gasteiger partial charge in [0.1, 0.15) is 11.3 Å². The summed E-state index contributed by atoms with van der Waals surface area (Å²) in [6.45, 7) is 0. The second-order valence-corrected chi connectivity index (χ2v) is 6.91. The Kier molecular flexibility index (Phi) is 4.96. The lowest BCUT2D eigenvalue weighted by atomic mass is 9.99. The molecule has 4 rings (SSSR count). The zero-order chi connectivity index (χ0) is 22.1. The summed E-state index contributed by atoms with van der Waals surface area (Å²) < 4.78 is 0. The largest absolute Gasteiger partial charge is 0.505 e. The second-order valence-electron chi connectivity index (χ2n) is 6.91. The van der Waals surface area contributed by atoms with Gasteiger partial charge in [-0.2, -0.15) is 0 Å². The van der Waals surface area contributed by atoms with E-state index in [2.05, 4.69) is 4.98 Å². The molecule has 0 amide bonds. The molecule has 2 N–H and O–H groups in total. The fourth-order valence-corrected chi connectivity index (χ4v) is 3.46. The van der Waals surface area contributed by atoms with Crippen LogP contribution in [0.3, 0.4) is 0 Å². The number of non-ortho nitro benzene ring substituents is 1. The van der Waals surface area contributed by atoms with E-state index in [1.165, 1.54) is 24.3 Å². The minimum atomic E-state index is -1.03. The van der Waals surface area contributed by atoms with E-state index in [0.717, 1.165) is 5.39 Å². The molecule has 0 aliphatic carbocycles. The molecule has 0 saturated carbocycles. The fraction of sp³-hybridized carbons (Fsp3) is 0.0435. The number of hydrogen-bond donors (Lipinski definition) is 2. The molecular formula is C23H17N3O5. The van der Waals surface area contributed by atoms with Crippen molar-refractivity contribution in [3.05, 3.63) is 88.6 Å². The first-order valence-electron chi connectivity index (χ1n) is 9.29. The van der Waals surface area contributed by atoms with Crippen LogP contribution in [-0.2, 0) is 0 Å². The molecule has 0 atom stereocenters. The Hall–Kier alpha value is -4.46. The Morgan fingerprint density at radius 3 is 2.45 bits per heavy atom. The molecule has 0 bridgehead atoms. The topological polar surface area (TPSA) is 117 Å². The predicted molar refractivity (Wildman–Crippen MR) is 117 cm³/mol. The van der Waals surface area contributed by atoms with Gasteiger partial charge in [-0.05, 0) is 42.5 Å². The third-order valence-corrected chi connectivity index (χ3v) is 5.09. The van der Waals surface area contributed by atoms with Crippen LogP contribution in [0, 0.1) is 10.1 Å². The lowest BCUT2D eigenvalue weighted by Crippen LogP contribution is -2.11. The minimum absolute atomic E-state index is 0.0746. The van der Waals surface area contributed by atoms with Crippen molar-refractivity contribution in [2.45, 2.75) is 0 Å². The van der Waals surface area contributed by atoms with Crippen LogP contribution in [0.2, 0.25) is 0 Å². The van der Waals surface area contributed by atoms with Crippen LogP contribution in [0.1, 0.15) is 10.4 Å². The van der Waals surface area contributed by atoms with Crippen molar-refractivity contribution in [1.82, 2.24) is 4.98 Å². The van der Waals surface area contributed by atoms with Crippen molar-refractivity contribution in [2.24, 2.45) is 0 Å². The van der Waals surface area contributed by atoms with Crippen LogP contribution >= 0.6 is 0 Å². The SMILES string of the molecule is CN(c1ccc(C(=O)O)cc1)c1ccc([N+](=O)[O-])cc1-c1ccc2cccnc2c1O. The third kappa shape index (κ3) is 3.62. The Bertz CT molecular complexity index is 1320. The molecule has 0 fully saturated rings. The number of aromatic carboxylic acids is 1. The van der Waals surface area contributed by atoms with E-state index in [9.17, 15) is 20.0 Å². The number of aromatic hydroxyl groups is 1. The van der Waals surface area contributed by atoms with Crippen LogP contribution in [0.4, 0.5) is 17.1 Å². The summed E-state index contributed by atoms with van der Waals surface area (Å²) in [4.78, 5) is 28.0. The van der Waals surface area contributed by atoms with E-state index in [-0.39, 0.29) is 17.0 Å². The molecule has 1 heterocycles. The molecule has 31 heavy (non-hydrogen) atoms. The number of phenolic OH excluding ortho intramolecular Hbond substituents is 1. The highest BCUT2D eigenvalue weighted by molar-refractivity contribution is 5.96. The quantitative estimate of drug-likeness (QED) is 0.349. The van der Waals surface area contributed by atoms with Gasteiger partial charge >= 0.3 is 5.97 Å². The van der Waals surface area contributed by atoms with Gasteiger partial charge in [-0.1, -0.05) is 12.1 Å². The van der Waals surface area contributed by atoms with Crippen LogP contribution in [0.25, 0.3) is 22.0 Å². The monoisotopic (exact) mass is 415 g/mol. The van der Waals surface area contributed by atoms with Gasteiger partial charge in [0.15, 0.2) is 0 Å². The van der Waals surface area contributed by atoms with Crippen molar-refractivity contribution in [3.63, 3.8) is 0 Å². The number of rotatable bonds is 5. The summed E-state index contributed by atoms with van der Waals surface area (Å²) in [5, 5.41) is 32.1. The van der Waals surface area contributed by atoms with Gasteiger partial charge < -0.3 is 15.1 Å². The lowest BCUT2D eigenvalue weighted by molar-refractivity contribution is -0.384. The molecule has 0 aliphatic rings. The molecule has 3 aromatic carbocycles. The summed E-state index contributed by atoms with van der Waals surface area (Å²) in [6.07, 6.45) is 1.57. The third-order valence-electron chi connectivity index (χ3n) is 5.09. The molecule has 154 valence electrons. The number of carboxylic acids is 1. The summed E-state index contributed by atoms with van der Waals surface area (Å²) in [5.74, 6) is -1.10. The molecule has 8 heteroatoms. The normalized spacial score (nSPS) is 10.7. The van der Waals surface area contributed by atoms with E-state index in [1.807, 2.05) is 6.07 Å². The molecule has 8 nitrogen and oxygen atoms in total.